The molecule has 8 nitrogen and oxygen atoms in total. The molecule has 0 saturated carbocycles. The van der Waals surface area contributed by atoms with Crippen molar-refractivity contribution in [3.8, 4) is 0 Å². The molecule has 0 fully saturated rings. The summed E-state index contributed by atoms with van der Waals surface area (Å²) in [7, 11) is -1.99. The van der Waals surface area contributed by atoms with E-state index in [1.807, 2.05) is 20.8 Å². The monoisotopic (exact) mass is 432 g/mol. The number of hydrogen-bond acceptors (Lipinski definition) is 5. The number of oxazole rings is 1. The molecule has 0 aliphatic carbocycles. The van der Waals surface area contributed by atoms with Crippen LogP contribution in [0.1, 0.15) is 51.0 Å². The first-order chi connectivity index (χ1) is 14.0. The summed E-state index contributed by atoms with van der Waals surface area (Å²) in [5, 5.41) is 2.81. The van der Waals surface area contributed by atoms with Crippen molar-refractivity contribution in [2.45, 2.75) is 44.9 Å². The number of anilines is 1. The number of aryl methyl sites for hydroxylation is 1. The molecule has 30 heavy (non-hydrogen) atoms. The lowest BCUT2D eigenvalue weighted by atomic mass is 9.97. The van der Waals surface area contributed by atoms with Gasteiger partial charge in [-0.05, 0) is 24.3 Å². The highest BCUT2D eigenvalue weighted by atomic mass is 32.2. The molecule has 0 aliphatic rings. The van der Waals surface area contributed by atoms with Crippen LogP contribution < -0.4 is 5.32 Å². The highest BCUT2D eigenvalue weighted by molar-refractivity contribution is 7.89. The maximum Gasteiger partial charge on any atom is 0.272 e. The van der Waals surface area contributed by atoms with E-state index >= 15 is 0 Å². The minimum absolute atomic E-state index is 0.0978. The molecule has 0 aliphatic heterocycles. The van der Waals surface area contributed by atoms with Gasteiger partial charge in [0.1, 0.15) is 16.1 Å². The van der Waals surface area contributed by atoms with E-state index in [0.717, 1.165) is 0 Å². The summed E-state index contributed by atoms with van der Waals surface area (Å²) in [6, 6.07) is 6.63. The Morgan fingerprint density at radius 1 is 1.20 bits per heavy atom. The number of nitrogens with zero attached hydrogens (tertiary/aromatic N) is 3. The Kier molecular flexibility index (Phi) is 5.79. The Morgan fingerprint density at radius 2 is 1.87 bits per heavy atom. The van der Waals surface area contributed by atoms with Crippen LogP contribution in [0.5, 0.6) is 0 Å². The normalized spacial score (nSPS) is 12.6. The average molecular weight is 433 g/mol. The van der Waals surface area contributed by atoms with Crippen molar-refractivity contribution < 1.29 is 17.6 Å². The summed E-state index contributed by atoms with van der Waals surface area (Å²) in [6.07, 6.45) is 1.46. The van der Waals surface area contributed by atoms with Gasteiger partial charge in [0.25, 0.3) is 5.91 Å². The number of benzene rings is 1. The predicted molar refractivity (Wildman–Crippen MR) is 116 cm³/mol. The van der Waals surface area contributed by atoms with E-state index in [1.165, 1.54) is 21.1 Å². The summed E-state index contributed by atoms with van der Waals surface area (Å²) < 4.78 is 34.1. The molecule has 0 spiro atoms. The lowest BCUT2D eigenvalue weighted by Crippen LogP contribution is -2.30. The SMILES string of the molecule is CCN(CC)S(=O)(=O)c1cc(C(=O)Nc2ccc3oc(C(C)(C)C)nc3c2)n(C)c1. The number of fused-ring (bicyclic) bond motifs is 1. The van der Waals surface area contributed by atoms with Gasteiger partial charge in [0.2, 0.25) is 15.9 Å². The highest BCUT2D eigenvalue weighted by Crippen LogP contribution is 2.27. The van der Waals surface area contributed by atoms with Crippen LogP contribution in [0.25, 0.3) is 11.1 Å². The Balaban J connectivity index is 1.87. The molecule has 1 N–H and O–H groups in total. The zero-order valence-electron chi connectivity index (χ0n) is 18.2. The van der Waals surface area contributed by atoms with Crippen molar-refractivity contribution in [1.29, 1.82) is 0 Å². The summed E-state index contributed by atoms with van der Waals surface area (Å²) in [4.78, 5) is 17.4. The molecule has 2 heterocycles. The predicted octanol–water partition coefficient (Wildman–Crippen LogP) is 3.75. The Labute approximate surface area is 176 Å². The zero-order chi connectivity index (χ0) is 22.3. The van der Waals surface area contributed by atoms with E-state index in [0.29, 0.717) is 35.8 Å². The topological polar surface area (TPSA) is 97.4 Å². The molecule has 0 bridgehead atoms. The van der Waals surface area contributed by atoms with E-state index in [9.17, 15) is 13.2 Å². The Morgan fingerprint density at radius 3 is 2.47 bits per heavy atom. The number of aromatic nitrogens is 2. The fraction of sp³-hybridized carbons (Fsp3) is 0.429. The van der Waals surface area contributed by atoms with E-state index in [4.69, 9.17) is 4.42 Å². The third-order valence-electron chi connectivity index (χ3n) is 4.84. The number of hydrogen-bond donors (Lipinski definition) is 1. The number of carbonyl (C=O) groups is 1. The maximum atomic E-state index is 12.8. The van der Waals surface area contributed by atoms with E-state index < -0.39 is 15.9 Å². The van der Waals surface area contributed by atoms with Crippen molar-refractivity contribution in [3.05, 3.63) is 42.0 Å². The summed E-state index contributed by atoms with van der Waals surface area (Å²) in [5.74, 6) is 0.215. The molecule has 3 aromatic rings. The fourth-order valence-electron chi connectivity index (χ4n) is 3.13. The molecular formula is C21H28N4O4S. The number of carbonyl (C=O) groups excluding carboxylic acids is 1. The van der Waals surface area contributed by atoms with Crippen molar-refractivity contribution in [2.75, 3.05) is 18.4 Å². The quantitative estimate of drug-likeness (QED) is 0.640. The van der Waals surface area contributed by atoms with Crippen LogP contribution in [0.15, 0.2) is 39.8 Å². The molecule has 162 valence electrons. The van der Waals surface area contributed by atoms with Crippen LogP contribution in [0.4, 0.5) is 5.69 Å². The summed E-state index contributed by atoms with van der Waals surface area (Å²) in [6.45, 7) is 10.3. The standard InChI is InChI=1S/C21H28N4O4S/c1-7-25(8-2)30(27,28)15-12-17(24(6)13-15)19(26)22-14-9-10-18-16(11-14)23-20(29-18)21(3,4)5/h9-13H,7-8H2,1-6H3,(H,22,26). The third-order valence-corrected chi connectivity index (χ3v) is 6.86. The Bertz CT molecular complexity index is 1180. The molecule has 0 unspecified atom stereocenters. The van der Waals surface area contributed by atoms with Gasteiger partial charge in [-0.15, -0.1) is 0 Å². The molecule has 0 atom stereocenters. The lowest BCUT2D eigenvalue weighted by molar-refractivity contribution is 0.101. The summed E-state index contributed by atoms with van der Waals surface area (Å²) in [5.41, 5.74) is 1.86. The van der Waals surface area contributed by atoms with Gasteiger partial charge in [0.05, 0.1) is 0 Å². The van der Waals surface area contributed by atoms with Crippen LogP contribution in [0.2, 0.25) is 0 Å². The minimum Gasteiger partial charge on any atom is -0.440 e. The van der Waals surface area contributed by atoms with Crippen molar-refractivity contribution in [1.82, 2.24) is 13.9 Å². The van der Waals surface area contributed by atoms with E-state index in [1.54, 1.807) is 39.1 Å². The second-order valence-corrected chi connectivity index (χ2v) is 10.1. The van der Waals surface area contributed by atoms with Gasteiger partial charge >= 0.3 is 0 Å². The number of amides is 1. The third kappa shape index (κ3) is 4.13. The molecule has 1 aromatic carbocycles. The second-order valence-electron chi connectivity index (χ2n) is 8.17. The molecular weight excluding hydrogens is 404 g/mol. The smallest absolute Gasteiger partial charge is 0.272 e. The fourth-order valence-corrected chi connectivity index (χ4v) is 4.66. The zero-order valence-corrected chi connectivity index (χ0v) is 19.0. The van der Waals surface area contributed by atoms with Crippen LogP contribution in [-0.4, -0.2) is 41.3 Å². The molecule has 3 rings (SSSR count). The van der Waals surface area contributed by atoms with Crippen LogP contribution in [0, 0.1) is 0 Å². The first kappa shape index (κ1) is 22.0. The molecule has 9 heteroatoms. The van der Waals surface area contributed by atoms with Gasteiger partial charge in [-0.1, -0.05) is 34.6 Å². The van der Waals surface area contributed by atoms with Crippen molar-refractivity contribution in [2.24, 2.45) is 7.05 Å². The second kappa shape index (κ2) is 7.88. The van der Waals surface area contributed by atoms with Gasteiger partial charge < -0.3 is 14.3 Å². The first-order valence-corrected chi connectivity index (χ1v) is 11.3. The van der Waals surface area contributed by atoms with Crippen LogP contribution in [0.3, 0.4) is 0 Å². The van der Waals surface area contributed by atoms with Crippen LogP contribution >= 0.6 is 0 Å². The van der Waals surface area contributed by atoms with E-state index in [-0.39, 0.29) is 16.0 Å². The van der Waals surface area contributed by atoms with Gasteiger partial charge in [-0.2, -0.15) is 4.31 Å². The molecule has 0 saturated heterocycles. The van der Waals surface area contributed by atoms with Gasteiger partial charge in [0.15, 0.2) is 5.58 Å². The maximum absolute atomic E-state index is 12.8. The number of nitrogens with one attached hydrogen (secondary N) is 1. The van der Waals surface area contributed by atoms with Gasteiger partial charge in [0, 0.05) is 37.4 Å². The van der Waals surface area contributed by atoms with Gasteiger partial charge in [-0.25, -0.2) is 13.4 Å². The first-order valence-electron chi connectivity index (χ1n) is 9.86. The van der Waals surface area contributed by atoms with Gasteiger partial charge in [-0.3, -0.25) is 4.79 Å². The molecule has 2 aromatic heterocycles. The Hall–Kier alpha value is -2.65. The lowest BCUT2D eigenvalue weighted by Gasteiger charge is -2.17. The minimum atomic E-state index is -3.64. The van der Waals surface area contributed by atoms with E-state index in [2.05, 4.69) is 10.3 Å². The number of rotatable bonds is 6. The average Bonchev–Trinajstić information content (AvgIpc) is 3.26. The number of sulfonamides is 1. The molecule has 0 radical (unpaired) electrons. The largest absolute Gasteiger partial charge is 0.440 e. The van der Waals surface area contributed by atoms with Crippen molar-refractivity contribution in [3.63, 3.8) is 0 Å². The van der Waals surface area contributed by atoms with Crippen LogP contribution in [-0.2, 0) is 22.5 Å². The highest BCUT2D eigenvalue weighted by Gasteiger charge is 2.26. The summed E-state index contributed by atoms with van der Waals surface area (Å²) >= 11 is 0. The van der Waals surface area contributed by atoms with Crippen molar-refractivity contribution >= 4 is 32.7 Å². The molecule has 1 amide bonds.